The number of piperazine rings is 1. The molecule has 0 atom stereocenters. The van der Waals surface area contributed by atoms with Crippen molar-refractivity contribution >= 4 is 11.7 Å². The van der Waals surface area contributed by atoms with Gasteiger partial charge < -0.3 is 10.0 Å². The van der Waals surface area contributed by atoms with Gasteiger partial charge in [0.25, 0.3) is 0 Å². The molecule has 4 rings (SSSR count). The lowest BCUT2D eigenvalue weighted by molar-refractivity contribution is 0.0697. The monoisotopic (exact) mass is 408 g/mol. The number of carboxylic acid groups (broad SMARTS) is 1. The molecule has 154 valence electrons. The molecule has 1 heterocycles. The van der Waals surface area contributed by atoms with Crippen LogP contribution in [-0.4, -0.2) is 42.2 Å². The summed E-state index contributed by atoms with van der Waals surface area (Å²) in [6, 6.07) is 18.3. The Kier molecular flexibility index (Phi) is 5.77. The smallest absolute Gasteiger partial charge is 0.335 e. The van der Waals surface area contributed by atoms with E-state index in [1.165, 1.54) is 12.1 Å². The van der Waals surface area contributed by atoms with Crippen molar-refractivity contribution in [1.82, 2.24) is 4.90 Å². The van der Waals surface area contributed by atoms with E-state index in [9.17, 15) is 13.6 Å². The fraction of sp³-hybridized carbons (Fsp3) is 0.208. The van der Waals surface area contributed by atoms with E-state index in [2.05, 4.69) is 9.80 Å². The molecule has 3 aromatic carbocycles. The highest BCUT2D eigenvalue weighted by atomic mass is 19.1. The van der Waals surface area contributed by atoms with Gasteiger partial charge in [0.15, 0.2) is 0 Å². The van der Waals surface area contributed by atoms with Gasteiger partial charge in [0.05, 0.1) is 5.56 Å². The van der Waals surface area contributed by atoms with Crippen LogP contribution in [0.2, 0.25) is 0 Å². The first-order valence-electron chi connectivity index (χ1n) is 9.85. The van der Waals surface area contributed by atoms with Gasteiger partial charge in [-0.25, -0.2) is 13.6 Å². The van der Waals surface area contributed by atoms with Crippen LogP contribution in [0.4, 0.5) is 14.5 Å². The van der Waals surface area contributed by atoms with Gasteiger partial charge in [-0.1, -0.05) is 24.3 Å². The van der Waals surface area contributed by atoms with Crippen LogP contribution >= 0.6 is 0 Å². The summed E-state index contributed by atoms with van der Waals surface area (Å²) >= 11 is 0. The maximum atomic E-state index is 14.3. The molecular weight excluding hydrogens is 386 g/mol. The largest absolute Gasteiger partial charge is 0.478 e. The van der Waals surface area contributed by atoms with Crippen LogP contribution < -0.4 is 4.90 Å². The summed E-state index contributed by atoms with van der Waals surface area (Å²) in [5, 5.41) is 9.03. The Hall–Kier alpha value is -3.25. The molecule has 1 fully saturated rings. The summed E-state index contributed by atoms with van der Waals surface area (Å²) in [7, 11) is 0. The van der Waals surface area contributed by atoms with Crippen LogP contribution in [-0.2, 0) is 6.54 Å². The highest BCUT2D eigenvalue weighted by Crippen LogP contribution is 2.28. The van der Waals surface area contributed by atoms with Crippen LogP contribution in [0, 0.1) is 11.6 Å². The van der Waals surface area contributed by atoms with Gasteiger partial charge in [-0.05, 0) is 47.5 Å². The third-order valence-corrected chi connectivity index (χ3v) is 5.48. The van der Waals surface area contributed by atoms with Crippen molar-refractivity contribution in [3.8, 4) is 11.1 Å². The van der Waals surface area contributed by atoms with E-state index in [0.29, 0.717) is 12.1 Å². The zero-order chi connectivity index (χ0) is 21.1. The molecule has 0 aromatic heterocycles. The Morgan fingerprint density at radius 1 is 0.867 bits per heavy atom. The van der Waals surface area contributed by atoms with E-state index in [-0.39, 0.29) is 5.56 Å². The number of aromatic carboxylic acids is 1. The summed E-state index contributed by atoms with van der Waals surface area (Å²) in [5.41, 5.74) is 3.48. The van der Waals surface area contributed by atoms with Crippen molar-refractivity contribution < 1.29 is 18.7 Å². The third-order valence-electron chi connectivity index (χ3n) is 5.48. The lowest BCUT2D eigenvalue weighted by Gasteiger charge is -2.36. The SMILES string of the molecule is O=C(O)c1ccc(N2CCN(Cc3ccccc3-c3ccc(F)cc3F)CC2)cc1. The molecule has 6 heteroatoms. The van der Waals surface area contributed by atoms with Crippen molar-refractivity contribution in [1.29, 1.82) is 0 Å². The zero-order valence-electron chi connectivity index (χ0n) is 16.4. The second-order valence-electron chi connectivity index (χ2n) is 7.40. The second kappa shape index (κ2) is 8.63. The third kappa shape index (κ3) is 4.33. The fourth-order valence-electron chi connectivity index (χ4n) is 3.85. The van der Waals surface area contributed by atoms with Crippen LogP contribution in [0.1, 0.15) is 15.9 Å². The average Bonchev–Trinajstić information content (AvgIpc) is 2.75. The van der Waals surface area contributed by atoms with Crippen LogP contribution in [0.25, 0.3) is 11.1 Å². The molecule has 1 aliphatic heterocycles. The number of rotatable bonds is 5. The summed E-state index contributed by atoms with van der Waals surface area (Å²) in [4.78, 5) is 15.5. The molecule has 1 saturated heterocycles. The van der Waals surface area contributed by atoms with E-state index in [1.54, 1.807) is 12.1 Å². The van der Waals surface area contributed by atoms with Gasteiger partial charge in [-0.2, -0.15) is 0 Å². The van der Waals surface area contributed by atoms with Gasteiger partial charge in [0.2, 0.25) is 0 Å². The highest BCUT2D eigenvalue weighted by molar-refractivity contribution is 5.88. The average molecular weight is 408 g/mol. The number of hydrogen-bond acceptors (Lipinski definition) is 3. The molecule has 4 nitrogen and oxygen atoms in total. The molecule has 0 unspecified atom stereocenters. The number of carbonyl (C=O) groups is 1. The highest BCUT2D eigenvalue weighted by Gasteiger charge is 2.19. The summed E-state index contributed by atoms with van der Waals surface area (Å²) in [6.07, 6.45) is 0. The topological polar surface area (TPSA) is 43.8 Å². The van der Waals surface area contributed by atoms with E-state index in [0.717, 1.165) is 49.1 Å². The van der Waals surface area contributed by atoms with E-state index in [1.807, 2.05) is 36.4 Å². The number of anilines is 1. The number of nitrogens with zero attached hydrogens (tertiary/aromatic N) is 2. The number of carboxylic acids is 1. The van der Waals surface area contributed by atoms with Gasteiger partial charge >= 0.3 is 5.97 Å². The summed E-state index contributed by atoms with van der Waals surface area (Å²) < 4.78 is 27.6. The lowest BCUT2D eigenvalue weighted by atomic mass is 9.98. The first-order chi connectivity index (χ1) is 14.5. The molecule has 1 N–H and O–H groups in total. The standard InChI is InChI=1S/C24H22F2N2O2/c25-19-7-10-22(23(26)15-19)21-4-2-1-3-18(21)16-27-11-13-28(14-12-27)20-8-5-17(6-9-20)24(29)30/h1-10,15H,11-14,16H2,(H,29,30). The number of halogens is 2. The van der Waals surface area contributed by atoms with Crippen molar-refractivity contribution in [3.63, 3.8) is 0 Å². The molecule has 1 aliphatic rings. The molecule has 0 aliphatic carbocycles. The van der Waals surface area contributed by atoms with Crippen molar-refractivity contribution in [2.75, 3.05) is 31.1 Å². The zero-order valence-corrected chi connectivity index (χ0v) is 16.4. The minimum Gasteiger partial charge on any atom is -0.478 e. The minimum absolute atomic E-state index is 0.280. The lowest BCUT2D eigenvalue weighted by Crippen LogP contribution is -2.46. The maximum Gasteiger partial charge on any atom is 0.335 e. The molecule has 30 heavy (non-hydrogen) atoms. The molecule has 0 bridgehead atoms. The number of hydrogen-bond donors (Lipinski definition) is 1. The Bertz CT molecular complexity index is 1050. The van der Waals surface area contributed by atoms with Gasteiger partial charge in [-0.15, -0.1) is 0 Å². The Balaban J connectivity index is 1.44. The first-order valence-corrected chi connectivity index (χ1v) is 9.85. The van der Waals surface area contributed by atoms with Crippen LogP contribution in [0.5, 0.6) is 0 Å². The molecule has 0 amide bonds. The van der Waals surface area contributed by atoms with Crippen molar-refractivity contribution in [2.24, 2.45) is 0 Å². The summed E-state index contributed by atoms with van der Waals surface area (Å²) in [5.74, 6) is -2.07. The Labute approximate surface area is 174 Å². The second-order valence-corrected chi connectivity index (χ2v) is 7.40. The van der Waals surface area contributed by atoms with Crippen LogP contribution in [0.15, 0.2) is 66.7 Å². The van der Waals surface area contributed by atoms with Crippen molar-refractivity contribution in [3.05, 3.63) is 89.5 Å². The number of benzene rings is 3. The normalized spacial score (nSPS) is 14.7. The predicted octanol–water partition coefficient (Wildman–Crippen LogP) is 4.65. The Morgan fingerprint density at radius 2 is 1.57 bits per heavy atom. The minimum atomic E-state index is -0.928. The van der Waals surface area contributed by atoms with E-state index >= 15 is 0 Å². The first kappa shape index (κ1) is 20.0. The van der Waals surface area contributed by atoms with Crippen LogP contribution in [0.3, 0.4) is 0 Å². The Morgan fingerprint density at radius 3 is 2.23 bits per heavy atom. The molecule has 0 radical (unpaired) electrons. The quantitative estimate of drug-likeness (QED) is 0.667. The predicted molar refractivity (Wildman–Crippen MR) is 113 cm³/mol. The van der Waals surface area contributed by atoms with Crippen molar-refractivity contribution in [2.45, 2.75) is 6.54 Å². The molecule has 0 spiro atoms. The summed E-state index contributed by atoms with van der Waals surface area (Å²) in [6.45, 7) is 3.99. The van der Waals surface area contributed by atoms with E-state index < -0.39 is 17.6 Å². The molecule has 0 saturated carbocycles. The maximum absolute atomic E-state index is 14.3. The fourth-order valence-corrected chi connectivity index (χ4v) is 3.85. The van der Waals surface area contributed by atoms with E-state index in [4.69, 9.17) is 5.11 Å². The van der Waals surface area contributed by atoms with Gasteiger partial charge in [-0.3, -0.25) is 4.90 Å². The molecular formula is C24H22F2N2O2. The molecule has 3 aromatic rings. The van der Waals surface area contributed by atoms with Gasteiger partial charge in [0.1, 0.15) is 11.6 Å². The van der Waals surface area contributed by atoms with Gasteiger partial charge in [0, 0.05) is 50.0 Å².